The number of nitrogens with zero attached hydrogens (tertiary/aromatic N) is 3. The molecule has 0 aliphatic rings. The fourth-order valence-electron chi connectivity index (χ4n) is 1.13. The number of rotatable bonds is 4. The first-order valence-corrected chi connectivity index (χ1v) is 5.46. The van der Waals surface area contributed by atoms with E-state index in [0.717, 1.165) is 0 Å². The van der Waals surface area contributed by atoms with Gasteiger partial charge in [0.05, 0.1) is 4.92 Å². The van der Waals surface area contributed by atoms with Crippen LogP contribution in [0, 0.1) is 17.0 Å². The lowest BCUT2D eigenvalue weighted by atomic mass is 10.4. The van der Waals surface area contributed by atoms with Crippen LogP contribution in [0.5, 0.6) is 0 Å². The van der Waals surface area contributed by atoms with Gasteiger partial charge in [-0.25, -0.2) is 0 Å². The Hall–Kier alpha value is -0.750. The monoisotopic (exact) mass is 235 g/mol. The standard InChI is InChI=1S/C7H10ClN3O2S/c1-5-6(11(12)13)7(10(2)9-5)14-4-3-8/h3-4H2,1-2H3. The minimum Gasteiger partial charge on any atom is -0.258 e. The molecule has 0 amide bonds. The van der Waals surface area contributed by atoms with Gasteiger partial charge in [-0.2, -0.15) is 5.10 Å². The summed E-state index contributed by atoms with van der Waals surface area (Å²) in [5, 5.41) is 15.3. The van der Waals surface area contributed by atoms with Crippen molar-refractivity contribution in [2.75, 3.05) is 11.6 Å². The quantitative estimate of drug-likeness (QED) is 0.347. The summed E-state index contributed by atoms with van der Waals surface area (Å²) in [5.74, 6) is 1.10. The Morgan fingerprint density at radius 2 is 2.36 bits per heavy atom. The molecule has 1 heterocycles. The number of hydrogen-bond acceptors (Lipinski definition) is 4. The zero-order valence-corrected chi connectivity index (χ0v) is 9.43. The molecular formula is C7H10ClN3O2S. The molecule has 0 bridgehead atoms. The van der Waals surface area contributed by atoms with Crippen molar-refractivity contribution in [2.45, 2.75) is 11.9 Å². The lowest BCUT2D eigenvalue weighted by Crippen LogP contribution is -1.95. The third-order valence-corrected chi connectivity index (χ3v) is 3.19. The summed E-state index contributed by atoms with van der Waals surface area (Å²) < 4.78 is 1.52. The summed E-state index contributed by atoms with van der Waals surface area (Å²) in [6, 6.07) is 0. The maximum atomic E-state index is 10.7. The topological polar surface area (TPSA) is 61.0 Å². The summed E-state index contributed by atoms with van der Waals surface area (Å²) in [7, 11) is 1.69. The van der Waals surface area contributed by atoms with Gasteiger partial charge < -0.3 is 0 Å². The summed E-state index contributed by atoms with van der Waals surface area (Å²) in [4.78, 5) is 10.3. The summed E-state index contributed by atoms with van der Waals surface area (Å²) in [6.07, 6.45) is 0. The fraction of sp³-hybridized carbons (Fsp3) is 0.571. The molecule has 78 valence electrons. The molecule has 0 N–H and O–H groups in total. The molecule has 0 unspecified atom stereocenters. The van der Waals surface area contributed by atoms with Gasteiger partial charge in [0.25, 0.3) is 0 Å². The van der Waals surface area contributed by atoms with Crippen LogP contribution >= 0.6 is 23.4 Å². The highest BCUT2D eigenvalue weighted by molar-refractivity contribution is 7.99. The molecule has 0 saturated heterocycles. The van der Waals surface area contributed by atoms with Gasteiger partial charge in [-0.05, 0) is 6.92 Å². The predicted molar refractivity (Wildman–Crippen MR) is 56.0 cm³/mol. The van der Waals surface area contributed by atoms with E-state index in [2.05, 4.69) is 5.10 Å². The Balaban J connectivity index is 3.05. The third kappa shape index (κ3) is 2.19. The number of aromatic nitrogens is 2. The molecular weight excluding hydrogens is 226 g/mol. The van der Waals surface area contributed by atoms with Crippen LogP contribution in [0.3, 0.4) is 0 Å². The molecule has 0 spiro atoms. The summed E-state index contributed by atoms with van der Waals surface area (Å²) in [6.45, 7) is 1.63. The van der Waals surface area contributed by atoms with Crippen molar-refractivity contribution in [3.05, 3.63) is 15.8 Å². The zero-order valence-electron chi connectivity index (χ0n) is 7.86. The van der Waals surface area contributed by atoms with Gasteiger partial charge in [-0.3, -0.25) is 14.8 Å². The van der Waals surface area contributed by atoms with Gasteiger partial charge in [0.1, 0.15) is 5.69 Å². The Morgan fingerprint density at radius 3 is 2.86 bits per heavy atom. The van der Waals surface area contributed by atoms with Crippen molar-refractivity contribution < 1.29 is 4.92 Å². The van der Waals surface area contributed by atoms with Crippen LogP contribution in [0.2, 0.25) is 0 Å². The normalized spacial score (nSPS) is 10.5. The summed E-state index contributed by atoms with van der Waals surface area (Å²) >= 11 is 6.87. The molecule has 14 heavy (non-hydrogen) atoms. The second kappa shape index (κ2) is 4.65. The number of nitro groups is 1. The number of thioether (sulfide) groups is 1. The highest BCUT2D eigenvalue weighted by Gasteiger charge is 2.23. The Labute approximate surface area is 90.6 Å². The minimum absolute atomic E-state index is 0.0858. The molecule has 1 aromatic rings. The van der Waals surface area contributed by atoms with Crippen LogP contribution in [-0.2, 0) is 7.05 Å². The molecule has 0 aromatic carbocycles. The average Bonchev–Trinajstić information content (AvgIpc) is 2.37. The van der Waals surface area contributed by atoms with E-state index < -0.39 is 4.92 Å². The van der Waals surface area contributed by atoms with Crippen LogP contribution in [0.25, 0.3) is 0 Å². The lowest BCUT2D eigenvalue weighted by molar-refractivity contribution is -0.388. The van der Waals surface area contributed by atoms with Crippen molar-refractivity contribution in [2.24, 2.45) is 7.05 Å². The second-order valence-electron chi connectivity index (χ2n) is 2.66. The van der Waals surface area contributed by atoms with Crippen molar-refractivity contribution in [1.82, 2.24) is 9.78 Å². The van der Waals surface area contributed by atoms with E-state index in [0.29, 0.717) is 22.4 Å². The Bertz CT molecular complexity index is 353. The molecule has 5 nitrogen and oxygen atoms in total. The van der Waals surface area contributed by atoms with Crippen molar-refractivity contribution in [3.63, 3.8) is 0 Å². The number of halogens is 1. The van der Waals surface area contributed by atoms with Crippen molar-refractivity contribution in [1.29, 1.82) is 0 Å². The van der Waals surface area contributed by atoms with Gasteiger partial charge in [-0.1, -0.05) is 11.8 Å². The van der Waals surface area contributed by atoms with Crippen LogP contribution in [0.4, 0.5) is 5.69 Å². The average molecular weight is 236 g/mol. The van der Waals surface area contributed by atoms with Gasteiger partial charge in [0.2, 0.25) is 0 Å². The molecule has 7 heteroatoms. The molecule has 0 fully saturated rings. The lowest BCUT2D eigenvalue weighted by Gasteiger charge is -1.98. The second-order valence-corrected chi connectivity index (χ2v) is 4.12. The van der Waals surface area contributed by atoms with Gasteiger partial charge >= 0.3 is 5.69 Å². The molecule has 0 aliphatic carbocycles. The van der Waals surface area contributed by atoms with Crippen molar-refractivity contribution in [3.8, 4) is 0 Å². The number of aryl methyl sites for hydroxylation is 2. The third-order valence-electron chi connectivity index (χ3n) is 1.64. The highest BCUT2D eigenvalue weighted by Crippen LogP contribution is 2.31. The van der Waals surface area contributed by atoms with Gasteiger partial charge in [0.15, 0.2) is 5.03 Å². The van der Waals surface area contributed by atoms with E-state index in [1.54, 1.807) is 14.0 Å². The fourth-order valence-corrected chi connectivity index (χ4v) is 2.22. The molecule has 0 radical (unpaired) electrons. The maximum Gasteiger partial charge on any atom is 0.323 e. The Kier molecular flexibility index (Phi) is 3.77. The van der Waals surface area contributed by atoms with Gasteiger partial charge in [0, 0.05) is 18.7 Å². The van der Waals surface area contributed by atoms with Gasteiger partial charge in [-0.15, -0.1) is 11.6 Å². The van der Waals surface area contributed by atoms with Crippen LogP contribution in [0.15, 0.2) is 5.03 Å². The van der Waals surface area contributed by atoms with E-state index in [1.165, 1.54) is 16.4 Å². The first-order chi connectivity index (χ1) is 6.57. The van der Waals surface area contributed by atoms with Crippen molar-refractivity contribution >= 4 is 29.1 Å². The van der Waals surface area contributed by atoms with E-state index in [-0.39, 0.29) is 5.69 Å². The largest absolute Gasteiger partial charge is 0.323 e. The van der Waals surface area contributed by atoms with E-state index >= 15 is 0 Å². The highest BCUT2D eigenvalue weighted by atomic mass is 35.5. The summed E-state index contributed by atoms with van der Waals surface area (Å²) in [5.41, 5.74) is 0.525. The first kappa shape index (κ1) is 11.3. The minimum atomic E-state index is -0.404. The van der Waals surface area contributed by atoms with Crippen LogP contribution in [-0.4, -0.2) is 26.3 Å². The zero-order chi connectivity index (χ0) is 10.7. The molecule has 1 rings (SSSR count). The SMILES string of the molecule is Cc1nn(C)c(SCCCl)c1[N+](=O)[O-]. The predicted octanol–water partition coefficient (Wildman–Crippen LogP) is 1.97. The number of alkyl halides is 1. The molecule has 0 atom stereocenters. The van der Waals surface area contributed by atoms with E-state index in [4.69, 9.17) is 11.6 Å². The van der Waals surface area contributed by atoms with E-state index in [1.807, 2.05) is 0 Å². The Morgan fingerprint density at radius 1 is 1.71 bits per heavy atom. The van der Waals surface area contributed by atoms with E-state index in [9.17, 15) is 10.1 Å². The van der Waals surface area contributed by atoms with Crippen LogP contribution in [0.1, 0.15) is 5.69 Å². The first-order valence-electron chi connectivity index (χ1n) is 3.94. The molecule has 0 saturated carbocycles. The molecule has 0 aliphatic heterocycles. The maximum absolute atomic E-state index is 10.7. The smallest absolute Gasteiger partial charge is 0.258 e. The number of hydrogen-bond donors (Lipinski definition) is 0. The van der Waals surface area contributed by atoms with Crippen LogP contribution < -0.4 is 0 Å². The molecule has 1 aromatic heterocycles.